The van der Waals surface area contributed by atoms with Gasteiger partial charge in [0.1, 0.15) is 30.5 Å². The first kappa shape index (κ1) is 20.2. The molecule has 0 amide bonds. The molecule has 3 aromatic carbocycles. The average Bonchev–Trinajstić information content (AvgIpc) is 2.68. The lowest BCUT2D eigenvalue weighted by molar-refractivity contribution is 0.123. The van der Waals surface area contributed by atoms with Gasteiger partial charge in [-0.25, -0.2) is 0 Å². The molecule has 2 N–H and O–H groups in total. The van der Waals surface area contributed by atoms with Crippen LogP contribution >= 0.6 is 0 Å². The molecule has 0 heterocycles. The summed E-state index contributed by atoms with van der Waals surface area (Å²) in [6, 6.07) is 13.7. The van der Waals surface area contributed by atoms with Gasteiger partial charge < -0.3 is 24.4 Å². The van der Waals surface area contributed by atoms with Crippen molar-refractivity contribution in [1.82, 2.24) is 0 Å². The van der Waals surface area contributed by atoms with Gasteiger partial charge in [-0.05, 0) is 38.5 Å². The molecule has 3 rings (SSSR count). The van der Waals surface area contributed by atoms with Crippen molar-refractivity contribution < 1.29 is 24.4 Å². The summed E-state index contributed by atoms with van der Waals surface area (Å²) in [5, 5.41) is 23.0. The highest BCUT2D eigenvalue weighted by molar-refractivity contribution is 6.11. The minimum Gasteiger partial charge on any atom is -0.494 e. The van der Waals surface area contributed by atoms with Gasteiger partial charge in [0.25, 0.3) is 0 Å². The summed E-state index contributed by atoms with van der Waals surface area (Å²) < 4.78 is 17.8. The van der Waals surface area contributed by atoms with Gasteiger partial charge in [-0.15, -0.1) is 0 Å². The Morgan fingerprint density at radius 2 is 1.29 bits per heavy atom. The number of aliphatic hydroxyl groups excluding tert-OH is 2. The van der Waals surface area contributed by atoms with Crippen molar-refractivity contribution in [3.05, 3.63) is 42.5 Å². The SMILES string of the molecule is CCCOc1ccc2c(OCC(C)O)c3ccccc3c(OCC(C)O)c2c1. The number of fused-ring (bicyclic) bond motifs is 2. The number of hydrogen-bond donors (Lipinski definition) is 2. The van der Waals surface area contributed by atoms with Crippen molar-refractivity contribution in [2.45, 2.75) is 39.4 Å². The summed E-state index contributed by atoms with van der Waals surface area (Å²) in [6.45, 7) is 6.47. The van der Waals surface area contributed by atoms with Crippen LogP contribution in [-0.2, 0) is 0 Å². The van der Waals surface area contributed by atoms with Gasteiger partial charge in [0.2, 0.25) is 0 Å². The van der Waals surface area contributed by atoms with Crippen molar-refractivity contribution in [2.24, 2.45) is 0 Å². The van der Waals surface area contributed by atoms with Gasteiger partial charge in [0.05, 0.1) is 18.8 Å². The second-order valence-corrected chi connectivity index (χ2v) is 7.08. The third kappa shape index (κ3) is 4.49. The fourth-order valence-corrected chi connectivity index (χ4v) is 3.11. The fourth-order valence-electron chi connectivity index (χ4n) is 3.11. The van der Waals surface area contributed by atoms with Crippen LogP contribution in [0.15, 0.2) is 42.5 Å². The predicted molar refractivity (Wildman–Crippen MR) is 112 cm³/mol. The van der Waals surface area contributed by atoms with Crippen molar-refractivity contribution in [3.63, 3.8) is 0 Å². The van der Waals surface area contributed by atoms with Crippen LogP contribution in [-0.4, -0.2) is 42.2 Å². The number of hydrogen-bond acceptors (Lipinski definition) is 5. The minimum atomic E-state index is -0.584. The molecule has 5 heteroatoms. The topological polar surface area (TPSA) is 68.2 Å². The predicted octanol–water partition coefficient (Wildman–Crippen LogP) is 4.30. The molecule has 5 nitrogen and oxygen atoms in total. The van der Waals surface area contributed by atoms with E-state index in [9.17, 15) is 10.2 Å². The van der Waals surface area contributed by atoms with Gasteiger partial charge >= 0.3 is 0 Å². The Kier molecular flexibility index (Phi) is 6.60. The summed E-state index contributed by atoms with van der Waals surface area (Å²) in [5.74, 6) is 2.16. The first-order chi connectivity index (χ1) is 13.5. The Bertz CT molecular complexity index is 933. The molecule has 0 aliphatic rings. The zero-order chi connectivity index (χ0) is 20.1. The third-order valence-electron chi connectivity index (χ3n) is 4.31. The second-order valence-electron chi connectivity index (χ2n) is 7.08. The summed E-state index contributed by atoms with van der Waals surface area (Å²) >= 11 is 0. The van der Waals surface area contributed by atoms with Crippen LogP contribution in [0.4, 0.5) is 0 Å². The molecule has 2 atom stereocenters. The van der Waals surface area contributed by atoms with Crippen LogP contribution in [0.1, 0.15) is 27.2 Å². The molecule has 0 spiro atoms. The van der Waals surface area contributed by atoms with E-state index in [1.165, 1.54) is 0 Å². The Hall–Kier alpha value is -2.50. The molecule has 150 valence electrons. The van der Waals surface area contributed by atoms with Crippen LogP contribution in [0, 0.1) is 0 Å². The number of benzene rings is 3. The van der Waals surface area contributed by atoms with Crippen molar-refractivity contribution in [3.8, 4) is 17.2 Å². The maximum atomic E-state index is 9.73. The van der Waals surface area contributed by atoms with Gasteiger partial charge in [0, 0.05) is 21.5 Å². The molecule has 0 radical (unpaired) electrons. The van der Waals surface area contributed by atoms with Crippen LogP contribution in [0.3, 0.4) is 0 Å². The van der Waals surface area contributed by atoms with Gasteiger partial charge in [0.15, 0.2) is 0 Å². The van der Waals surface area contributed by atoms with E-state index >= 15 is 0 Å². The highest BCUT2D eigenvalue weighted by atomic mass is 16.5. The van der Waals surface area contributed by atoms with E-state index in [-0.39, 0.29) is 13.2 Å². The standard InChI is InChI=1S/C23H28O5/c1-4-11-26-17-9-10-20-21(12-17)23(28-14-16(3)25)19-8-6-5-7-18(19)22(20)27-13-15(2)24/h5-10,12,15-16,24-25H,4,11,13-14H2,1-3H3. The summed E-state index contributed by atoms with van der Waals surface area (Å²) in [4.78, 5) is 0. The average molecular weight is 384 g/mol. The Morgan fingerprint density at radius 3 is 1.82 bits per heavy atom. The van der Waals surface area contributed by atoms with Crippen LogP contribution < -0.4 is 14.2 Å². The lowest BCUT2D eigenvalue weighted by Gasteiger charge is -2.19. The van der Waals surface area contributed by atoms with Crippen molar-refractivity contribution in [2.75, 3.05) is 19.8 Å². The number of aliphatic hydroxyl groups is 2. The van der Waals surface area contributed by atoms with Crippen molar-refractivity contribution >= 4 is 21.5 Å². The Labute approximate surface area is 165 Å². The highest BCUT2D eigenvalue weighted by Gasteiger charge is 2.18. The van der Waals surface area contributed by atoms with E-state index in [1.807, 2.05) is 42.5 Å². The molecule has 0 fully saturated rings. The number of ether oxygens (including phenoxy) is 3. The first-order valence-corrected chi connectivity index (χ1v) is 9.74. The zero-order valence-electron chi connectivity index (χ0n) is 16.6. The van der Waals surface area contributed by atoms with E-state index in [1.54, 1.807) is 13.8 Å². The number of rotatable bonds is 9. The molecule has 3 aromatic rings. The van der Waals surface area contributed by atoms with E-state index in [2.05, 4.69) is 6.92 Å². The minimum absolute atomic E-state index is 0.188. The van der Waals surface area contributed by atoms with E-state index in [0.29, 0.717) is 18.1 Å². The van der Waals surface area contributed by atoms with E-state index in [4.69, 9.17) is 14.2 Å². The molecule has 0 bridgehead atoms. The zero-order valence-corrected chi connectivity index (χ0v) is 16.6. The van der Waals surface area contributed by atoms with Gasteiger partial charge in [-0.1, -0.05) is 31.2 Å². The lowest BCUT2D eigenvalue weighted by atomic mass is 10.00. The molecule has 0 aliphatic heterocycles. The summed E-state index contributed by atoms with van der Waals surface area (Å²) in [7, 11) is 0. The summed E-state index contributed by atoms with van der Waals surface area (Å²) in [5.41, 5.74) is 0. The largest absolute Gasteiger partial charge is 0.494 e. The molecule has 28 heavy (non-hydrogen) atoms. The van der Waals surface area contributed by atoms with Crippen molar-refractivity contribution in [1.29, 1.82) is 0 Å². The molecule has 0 aliphatic carbocycles. The van der Waals surface area contributed by atoms with E-state index < -0.39 is 12.2 Å². The molecule has 2 unspecified atom stereocenters. The maximum absolute atomic E-state index is 9.73. The third-order valence-corrected chi connectivity index (χ3v) is 4.31. The van der Waals surface area contributed by atoms with Gasteiger partial charge in [-0.3, -0.25) is 0 Å². The van der Waals surface area contributed by atoms with Gasteiger partial charge in [-0.2, -0.15) is 0 Å². The second kappa shape index (κ2) is 9.13. The van der Waals surface area contributed by atoms with Crippen LogP contribution in [0.2, 0.25) is 0 Å². The molecule has 0 saturated heterocycles. The van der Waals surface area contributed by atoms with Crippen LogP contribution in [0.25, 0.3) is 21.5 Å². The van der Waals surface area contributed by atoms with E-state index in [0.717, 1.165) is 33.7 Å². The molecular weight excluding hydrogens is 356 g/mol. The monoisotopic (exact) mass is 384 g/mol. The highest BCUT2D eigenvalue weighted by Crippen LogP contribution is 2.44. The maximum Gasteiger partial charge on any atom is 0.135 e. The smallest absolute Gasteiger partial charge is 0.135 e. The lowest BCUT2D eigenvalue weighted by Crippen LogP contribution is -2.14. The first-order valence-electron chi connectivity index (χ1n) is 9.74. The summed E-state index contributed by atoms with van der Waals surface area (Å²) in [6.07, 6.45) is -0.240. The Morgan fingerprint density at radius 1 is 0.750 bits per heavy atom. The Balaban J connectivity index is 2.23. The quantitative estimate of drug-likeness (QED) is 0.538. The van der Waals surface area contributed by atoms with Crippen LogP contribution in [0.5, 0.6) is 17.2 Å². The molecular formula is C23H28O5. The fraction of sp³-hybridized carbons (Fsp3) is 0.391. The normalized spacial score (nSPS) is 13.5. The molecule has 0 saturated carbocycles. The molecule has 0 aromatic heterocycles.